The predicted octanol–water partition coefficient (Wildman–Crippen LogP) is 4.76. The smallest absolute Gasteiger partial charge is 0.352 e. The van der Waals surface area contributed by atoms with Crippen molar-refractivity contribution in [2.75, 3.05) is 5.32 Å². The van der Waals surface area contributed by atoms with Gasteiger partial charge in [0.25, 0.3) is 0 Å². The predicted molar refractivity (Wildman–Crippen MR) is 113 cm³/mol. The molecule has 29 heavy (non-hydrogen) atoms. The number of nitrogens with zero attached hydrogens (tertiary/aromatic N) is 3. The number of rotatable bonds is 4. The number of carbonyl (C=O) groups is 1. The third-order valence-electron chi connectivity index (χ3n) is 4.65. The number of aromatic carboxylic acids is 1. The second-order valence-electron chi connectivity index (χ2n) is 7.86. The maximum atomic E-state index is 11.1. The first-order chi connectivity index (χ1) is 13.8. The number of H-pyrrole nitrogens is 1. The van der Waals surface area contributed by atoms with E-state index in [-0.39, 0.29) is 11.1 Å². The summed E-state index contributed by atoms with van der Waals surface area (Å²) in [6, 6.07) is 13.0. The average Bonchev–Trinajstić information content (AvgIpc) is 3.11. The summed E-state index contributed by atoms with van der Waals surface area (Å²) in [5.41, 5.74) is 4.39. The van der Waals surface area contributed by atoms with Crippen molar-refractivity contribution in [3.8, 4) is 11.4 Å². The number of pyridine rings is 1. The lowest BCUT2D eigenvalue weighted by atomic mass is 9.87. The summed E-state index contributed by atoms with van der Waals surface area (Å²) in [6.45, 7) is 6.48. The molecule has 0 aliphatic carbocycles. The van der Waals surface area contributed by atoms with Crippen LogP contribution in [-0.2, 0) is 5.41 Å². The van der Waals surface area contributed by atoms with Crippen molar-refractivity contribution in [3.05, 3.63) is 66.1 Å². The van der Waals surface area contributed by atoms with E-state index < -0.39 is 5.97 Å². The number of anilines is 2. The molecule has 146 valence electrons. The number of nitrogens with one attached hydrogen (secondary N) is 2. The van der Waals surface area contributed by atoms with Crippen LogP contribution < -0.4 is 5.32 Å². The van der Waals surface area contributed by atoms with Gasteiger partial charge in [-0.25, -0.2) is 14.8 Å². The Balaban J connectivity index is 1.63. The Morgan fingerprint density at radius 3 is 2.55 bits per heavy atom. The normalized spacial score (nSPS) is 11.6. The first-order valence-corrected chi connectivity index (χ1v) is 9.23. The third-order valence-corrected chi connectivity index (χ3v) is 4.65. The van der Waals surface area contributed by atoms with Gasteiger partial charge in [0, 0.05) is 29.0 Å². The van der Waals surface area contributed by atoms with Crippen LogP contribution in [0.25, 0.3) is 22.3 Å². The molecule has 0 unspecified atom stereocenters. The van der Waals surface area contributed by atoms with Crippen LogP contribution in [0.4, 0.5) is 11.6 Å². The number of carboxylic acids is 1. The first-order valence-electron chi connectivity index (χ1n) is 9.23. The second-order valence-corrected chi connectivity index (χ2v) is 7.86. The van der Waals surface area contributed by atoms with Crippen LogP contribution in [0.5, 0.6) is 0 Å². The Labute approximate surface area is 167 Å². The molecule has 0 fully saturated rings. The largest absolute Gasteiger partial charge is 0.477 e. The molecule has 7 nitrogen and oxygen atoms in total. The van der Waals surface area contributed by atoms with Gasteiger partial charge in [0.05, 0.1) is 11.4 Å². The highest BCUT2D eigenvalue weighted by molar-refractivity contribution is 5.94. The molecular weight excluding hydrogens is 366 g/mol. The Morgan fingerprint density at radius 2 is 1.79 bits per heavy atom. The van der Waals surface area contributed by atoms with E-state index in [0.29, 0.717) is 5.95 Å². The Kier molecular flexibility index (Phi) is 4.50. The molecular formula is C22H21N5O2. The van der Waals surface area contributed by atoms with Crippen LogP contribution in [0.15, 0.2) is 54.9 Å². The Bertz CT molecular complexity index is 1210. The quantitative estimate of drug-likeness (QED) is 0.466. The zero-order valence-corrected chi connectivity index (χ0v) is 16.4. The number of benzene rings is 1. The van der Waals surface area contributed by atoms with Gasteiger partial charge in [-0.15, -0.1) is 0 Å². The summed E-state index contributed by atoms with van der Waals surface area (Å²) in [4.78, 5) is 27.3. The van der Waals surface area contributed by atoms with E-state index in [0.717, 1.165) is 28.0 Å². The number of carboxylic acid groups (broad SMARTS) is 1. The average molecular weight is 387 g/mol. The monoisotopic (exact) mass is 387 g/mol. The highest BCUT2D eigenvalue weighted by atomic mass is 16.4. The Hall–Kier alpha value is -3.74. The van der Waals surface area contributed by atoms with Crippen molar-refractivity contribution in [1.82, 2.24) is 19.9 Å². The van der Waals surface area contributed by atoms with E-state index in [9.17, 15) is 4.79 Å². The SMILES string of the molecule is CC(C)(C)c1ccnc(-c2ccnc(Nc3ccc4[nH]c(C(=O)O)cc4c3)n2)c1. The van der Waals surface area contributed by atoms with E-state index in [4.69, 9.17) is 5.11 Å². The highest BCUT2D eigenvalue weighted by Gasteiger charge is 2.15. The van der Waals surface area contributed by atoms with Crippen LogP contribution in [0, 0.1) is 0 Å². The zero-order valence-electron chi connectivity index (χ0n) is 16.4. The molecule has 3 aromatic heterocycles. The highest BCUT2D eigenvalue weighted by Crippen LogP contribution is 2.26. The molecule has 0 bridgehead atoms. The topological polar surface area (TPSA) is 104 Å². The van der Waals surface area contributed by atoms with Gasteiger partial charge in [-0.1, -0.05) is 20.8 Å². The second kappa shape index (κ2) is 7.01. The number of aromatic nitrogens is 4. The minimum absolute atomic E-state index is 0.0204. The number of hydrogen-bond acceptors (Lipinski definition) is 5. The lowest BCUT2D eigenvalue weighted by Gasteiger charge is -2.19. The maximum absolute atomic E-state index is 11.1. The van der Waals surface area contributed by atoms with Gasteiger partial charge in [-0.3, -0.25) is 4.98 Å². The van der Waals surface area contributed by atoms with E-state index in [1.54, 1.807) is 18.5 Å². The van der Waals surface area contributed by atoms with Gasteiger partial charge in [0.1, 0.15) is 5.69 Å². The van der Waals surface area contributed by atoms with Crippen LogP contribution >= 0.6 is 0 Å². The molecule has 0 amide bonds. The van der Waals surface area contributed by atoms with Crippen molar-refractivity contribution in [2.24, 2.45) is 0 Å². The fraction of sp³-hybridized carbons (Fsp3) is 0.182. The molecule has 0 atom stereocenters. The van der Waals surface area contributed by atoms with Gasteiger partial charge in [-0.05, 0) is 53.4 Å². The van der Waals surface area contributed by atoms with Gasteiger partial charge in [-0.2, -0.15) is 0 Å². The van der Waals surface area contributed by atoms with Crippen molar-refractivity contribution in [2.45, 2.75) is 26.2 Å². The summed E-state index contributed by atoms with van der Waals surface area (Å²) in [7, 11) is 0. The minimum Gasteiger partial charge on any atom is -0.477 e. The number of fused-ring (bicyclic) bond motifs is 1. The van der Waals surface area contributed by atoms with Crippen LogP contribution in [0.3, 0.4) is 0 Å². The summed E-state index contributed by atoms with van der Waals surface area (Å²) in [5, 5.41) is 13.1. The molecule has 0 aliphatic heterocycles. The van der Waals surface area contributed by atoms with E-state index in [1.807, 2.05) is 36.4 Å². The molecule has 3 heterocycles. The van der Waals surface area contributed by atoms with Crippen LogP contribution in [0.1, 0.15) is 36.8 Å². The lowest BCUT2D eigenvalue weighted by molar-refractivity contribution is 0.0691. The summed E-state index contributed by atoms with van der Waals surface area (Å²) < 4.78 is 0. The third kappa shape index (κ3) is 3.94. The van der Waals surface area contributed by atoms with E-state index in [1.165, 1.54) is 5.56 Å². The summed E-state index contributed by atoms with van der Waals surface area (Å²) in [5.74, 6) is -0.546. The summed E-state index contributed by atoms with van der Waals surface area (Å²) in [6.07, 6.45) is 3.48. The molecule has 7 heteroatoms. The van der Waals surface area contributed by atoms with Crippen LogP contribution in [0.2, 0.25) is 0 Å². The van der Waals surface area contributed by atoms with Crippen LogP contribution in [-0.4, -0.2) is 31.0 Å². The Morgan fingerprint density at radius 1 is 1.00 bits per heavy atom. The first kappa shape index (κ1) is 18.6. The maximum Gasteiger partial charge on any atom is 0.352 e. The molecule has 1 aromatic carbocycles. The zero-order chi connectivity index (χ0) is 20.6. The number of hydrogen-bond donors (Lipinski definition) is 3. The molecule has 0 saturated heterocycles. The fourth-order valence-corrected chi connectivity index (χ4v) is 3.05. The van der Waals surface area contributed by atoms with Gasteiger partial charge in [0.2, 0.25) is 5.95 Å². The lowest BCUT2D eigenvalue weighted by Crippen LogP contribution is -2.11. The number of aromatic amines is 1. The fourth-order valence-electron chi connectivity index (χ4n) is 3.05. The van der Waals surface area contributed by atoms with Gasteiger partial charge < -0.3 is 15.4 Å². The molecule has 0 radical (unpaired) electrons. The summed E-state index contributed by atoms with van der Waals surface area (Å²) >= 11 is 0. The van der Waals surface area contributed by atoms with Gasteiger partial charge in [0.15, 0.2) is 0 Å². The van der Waals surface area contributed by atoms with E-state index >= 15 is 0 Å². The van der Waals surface area contributed by atoms with Crippen molar-refractivity contribution in [1.29, 1.82) is 0 Å². The molecule has 0 saturated carbocycles. The minimum atomic E-state index is -0.989. The van der Waals surface area contributed by atoms with E-state index in [2.05, 4.69) is 46.0 Å². The van der Waals surface area contributed by atoms with Crippen molar-refractivity contribution < 1.29 is 9.90 Å². The molecule has 0 aliphatic rings. The molecule has 4 rings (SSSR count). The molecule has 3 N–H and O–H groups in total. The standard InChI is InChI=1S/C22H21N5O2/c1-22(2,3)14-6-8-23-18(12-14)17-7-9-24-21(27-17)25-15-4-5-16-13(10-15)11-19(26-16)20(28)29/h4-12,26H,1-3H3,(H,28,29)(H,24,25,27). The van der Waals surface area contributed by atoms with Crippen molar-refractivity contribution in [3.63, 3.8) is 0 Å². The molecule has 0 spiro atoms. The van der Waals surface area contributed by atoms with Gasteiger partial charge >= 0.3 is 5.97 Å². The molecule has 4 aromatic rings. The van der Waals surface area contributed by atoms with Crippen molar-refractivity contribution >= 4 is 28.5 Å².